The molecule has 4 atom stereocenters. The van der Waals surface area contributed by atoms with E-state index in [1.807, 2.05) is 6.92 Å². The first-order valence-electron chi connectivity index (χ1n) is 6.94. The summed E-state index contributed by atoms with van der Waals surface area (Å²) >= 11 is 0. The second-order valence-electron chi connectivity index (χ2n) is 6.73. The van der Waals surface area contributed by atoms with Crippen LogP contribution < -0.4 is 0 Å². The van der Waals surface area contributed by atoms with Gasteiger partial charge in [-0.15, -0.1) is 6.58 Å². The maximum Gasteiger partial charge on any atom is 0.0918 e. The molecular weight excluding hydrogens is 244 g/mol. The molecule has 0 bridgehead atoms. The van der Waals surface area contributed by atoms with Crippen molar-refractivity contribution >= 4 is 0 Å². The summed E-state index contributed by atoms with van der Waals surface area (Å²) in [5, 5.41) is 30.1. The lowest BCUT2D eigenvalue weighted by Gasteiger charge is -2.34. The van der Waals surface area contributed by atoms with Crippen LogP contribution in [0.4, 0.5) is 0 Å². The Bertz CT molecular complexity index is 319. The zero-order valence-electron chi connectivity index (χ0n) is 12.5. The molecule has 0 radical (unpaired) electrons. The molecule has 1 rings (SSSR count). The van der Waals surface area contributed by atoms with E-state index in [4.69, 9.17) is 4.74 Å². The molecule has 1 saturated heterocycles. The normalized spacial score (nSPS) is 32.9. The molecular formula is C15H28O4. The van der Waals surface area contributed by atoms with Crippen molar-refractivity contribution < 1.29 is 20.1 Å². The Labute approximate surface area is 116 Å². The fraction of sp³-hybridized carbons (Fsp3) is 0.867. The van der Waals surface area contributed by atoms with Crippen LogP contribution >= 0.6 is 0 Å². The van der Waals surface area contributed by atoms with Gasteiger partial charge in [0.25, 0.3) is 0 Å². The van der Waals surface area contributed by atoms with Gasteiger partial charge in [-0.3, -0.25) is 0 Å². The van der Waals surface area contributed by atoms with Crippen molar-refractivity contribution in [1.29, 1.82) is 0 Å². The first-order valence-corrected chi connectivity index (χ1v) is 6.94. The van der Waals surface area contributed by atoms with E-state index in [2.05, 4.69) is 6.58 Å². The summed E-state index contributed by atoms with van der Waals surface area (Å²) in [5.41, 5.74) is -2.52. The summed E-state index contributed by atoms with van der Waals surface area (Å²) in [4.78, 5) is 0. The van der Waals surface area contributed by atoms with Crippen LogP contribution in [0.3, 0.4) is 0 Å². The highest BCUT2D eigenvalue weighted by molar-refractivity contribution is 4.98. The molecule has 0 unspecified atom stereocenters. The molecule has 1 heterocycles. The largest absolute Gasteiger partial charge is 0.390 e. The Morgan fingerprint density at radius 2 is 2.00 bits per heavy atom. The zero-order valence-corrected chi connectivity index (χ0v) is 12.5. The molecule has 0 aromatic heterocycles. The van der Waals surface area contributed by atoms with Crippen LogP contribution in [0.2, 0.25) is 0 Å². The molecule has 0 saturated carbocycles. The van der Waals surface area contributed by atoms with Gasteiger partial charge in [0.05, 0.1) is 29.0 Å². The molecule has 19 heavy (non-hydrogen) atoms. The SMILES string of the molecule is C=C[C@](C)(O)CC[C@H](O)[C@@]1(C)CC[C@@H](C(C)(C)O)O1. The molecule has 1 aliphatic rings. The van der Waals surface area contributed by atoms with Crippen LogP contribution in [0.5, 0.6) is 0 Å². The number of aliphatic hydroxyl groups excluding tert-OH is 1. The summed E-state index contributed by atoms with van der Waals surface area (Å²) in [6.07, 6.45) is 2.88. The Morgan fingerprint density at radius 3 is 2.42 bits per heavy atom. The van der Waals surface area contributed by atoms with Crippen LogP contribution in [0.25, 0.3) is 0 Å². The van der Waals surface area contributed by atoms with Crippen LogP contribution in [-0.4, -0.2) is 44.3 Å². The van der Waals surface area contributed by atoms with Crippen molar-refractivity contribution in [3.05, 3.63) is 12.7 Å². The highest BCUT2D eigenvalue weighted by Crippen LogP contribution is 2.38. The molecule has 0 aliphatic carbocycles. The maximum absolute atomic E-state index is 10.3. The van der Waals surface area contributed by atoms with Crippen molar-refractivity contribution in [1.82, 2.24) is 0 Å². The van der Waals surface area contributed by atoms with Gasteiger partial charge in [0.1, 0.15) is 0 Å². The van der Waals surface area contributed by atoms with E-state index in [0.29, 0.717) is 19.3 Å². The molecule has 112 valence electrons. The predicted octanol–water partition coefficient (Wildman–Crippen LogP) is 1.77. The Hall–Kier alpha value is -0.420. The molecule has 0 aromatic rings. The average Bonchev–Trinajstić information content (AvgIpc) is 2.70. The van der Waals surface area contributed by atoms with E-state index in [1.54, 1.807) is 20.8 Å². The fourth-order valence-electron chi connectivity index (χ4n) is 2.44. The monoisotopic (exact) mass is 272 g/mol. The van der Waals surface area contributed by atoms with E-state index in [1.165, 1.54) is 6.08 Å². The summed E-state index contributed by atoms with van der Waals surface area (Å²) in [7, 11) is 0. The van der Waals surface area contributed by atoms with Crippen molar-refractivity contribution in [2.45, 2.75) is 82.4 Å². The minimum Gasteiger partial charge on any atom is -0.390 e. The third-order valence-corrected chi connectivity index (χ3v) is 4.17. The van der Waals surface area contributed by atoms with Crippen molar-refractivity contribution in [3.63, 3.8) is 0 Å². The summed E-state index contributed by atoms with van der Waals surface area (Å²) < 4.78 is 5.87. The topological polar surface area (TPSA) is 69.9 Å². The third kappa shape index (κ3) is 4.28. The second kappa shape index (κ2) is 5.52. The van der Waals surface area contributed by atoms with E-state index >= 15 is 0 Å². The standard InChI is InChI=1S/C15H28O4/c1-6-14(4,18)9-7-11(16)15(5)10-8-12(19-15)13(2,3)17/h6,11-12,16-18H,1,7-10H2,2-5H3/t11-,12-,14-,15+/m0/s1. The van der Waals surface area contributed by atoms with Crippen molar-refractivity contribution in [2.24, 2.45) is 0 Å². The molecule has 0 amide bonds. The quantitative estimate of drug-likeness (QED) is 0.645. The number of ether oxygens (including phenoxy) is 1. The lowest BCUT2D eigenvalue weighted by atomic mass is 9.88. The minimum absolute atomic E-state index is 0.257. The smallest absolute Gasteiger partial charge is 0.0918 e. The highest BCUT2D eigenvalue weighted by atomic mass is 16.5. The summed E-state index contributed by atoms with van der Waals surface area (Å²) in [6, 6.07) is 0. The van der Waals surface area contributed by atoms with Crippen molar-refractivity contribution in [2.75, 3.05) is 0 Å². The van der Waals surface area contributed by atoms with Gasteiger partial charge in [-0.25, -0.2) is 0 Å². The Balaban J connectivity index is 2.58. The van der Waals surface area contributed by atoms with Gasteiger partial charge in [-0.2, -0.15) is 0 Å². The van der Waals surface area contributed by atoms with Gasteiger partial charge in [-0.1, -0.05) is 6.08 Å². The predicted molar refractivity (Wildman–Crippen MR) is 74.9 cm³/mol. The molecule has 1 fully saturated rings. The van der Waals surface area contributed by atoms with Crippen molar-refractivity contribution in [3.8, 4) is 0 Å². The lowest BCUT2D eigenvalue weighted by Crippen LogP contribution is -2.44. The van der Waals surface area contributed by atoms with Crippen LogP contribution in [0.1, 0.15) is 53.4 Å². The lowest BCUT2D eigenvalue weighted by molar-refractivity contribution is -0.155. The molecule has 4 nitrogen and oxygen atoms in total. The van der Waals surface area contributed by atoms with Crippen LogP contribution in [0, 0.1) is 0 Å². The molecule has 0 aromatic carbocycles. The van der Waals surface area contributed by atoms with E-state index in [9.17, 15) is 15.3 Å². The number of aliphatic hydroxyl groups is 3. The highest BCUT2D eigenvalue weighted by Gasteiger charge is 2.46. The average molecular weight is 272 g/mol. The molecule has 1 aliphatic heterocycles. The summed E-state index contributed by atoms with van der Waals surface area (Å²) in [6.45, 7) is 10.6. The van der Waals surface area contributed by atoms with Gasteiger partial charge in [-0.05, 0) is 53.4 Å². The maximum atomic E-state index is 10.3. The molecule has 4 heteroatoms. The van der Waals surface area contributed by atoms with Gasteiger partial charge in [0.2, 0.25) is 0 Å². The van der Waals surface area contributed by atoms with Crippen LogP contribution in [0.15, 0.2) is 12.7 Å². The van der Waals surface area contributed by atoms with Gasteiger partial charge < -0.3 is 20.1 Å². The van der Waals surface area contributed by atoms with Crippen LogP contribution in [-0.2, 0) is 4.74 Å². The number of hydrogen-bond donors (Lipinski definition) is 3. The fourth-order valence-corrected chi connectivity index (χ4v) is 2.44. The van der Waals surface area contributed by atoms with Gasteiger partial charge in [0.15, 0.2) is 0 Å². The first kappa shape index (κ1) is 16.6. The third-order valence-electron chi connectivity index (χ3n) is 4.17. The molecule has 3 N–H and O–H groups in total. The first-order chi connectivity index (χ1) is 8.50. The number of rotatable bonds is 6. The minimum atomic E-state index is -0.967. The Kier molecular flexibility index (Phi) is 4.84. The Morgan fingerprint density at radius 1 is 1.42 bits per heavy atom. The van der Waals surface area contributed by atoms with E-state index in [0.717, 1.165) is 6.42 Å². The van der Waals surface area contributed by atoms with E-state index in [-0.39, 0.29) is 6.10 Å². The zero-order chi connectivity index (χ0) is 14.9. The number of hydrogen-bond acceptors (Lipinski definition) is 4. The molecule has 0 spiro atoms. The van der Waals surface area contributed by atoms with Gasteiger partial charge >= 0.3 is 0 Å². The second-order valence-corrected chi connectivity index (χ2v) is 6.73. The van der Waals surface area contributed by atoms with Gasteiger partial charge in [0, 0.05) is 0 Å². The summed E-state index contributed by atoms with van der Waals surface area (Å²) in [5.74, 6) is 0. The van der Waals surface area contributed by atoms with E-state index < -0.39 is 22.9 Å².